The molecule has 1 aliphatic rings. The maximum atomic E-state index is 12.8. The second-order valence-electron chi connectivity index (χ2n) is 14.8. The lowest BCUT2D eigenvalue weighted by Crippen LogP contribution is -2.64. The fourth-order valence-electron chi connectivity index (χ4n) is 5.86. The van der Waals surface area contributed by atoms with E-state index in [9.17, 15) is 44.6 Å². The first-order chi connectivity index (χ1) is 29.4. The zero-order valence-electron chi connectivity index (χ0n) is 36.4. The van der Waals surface area contributed by atoms with Gasteiger partial charge in [-0.3, -0.25) is 18.6 Å². The van der Waals surface area contributed by atoms with Gasteiger partial charge in [-0.15, -0.1) is 0 Å². The van der Waals surface area contributed by atoms with Gasteiger partial charge in [0.05, 0.1) is 6.61 Å². The number of aliphatic hydroxyl groups excluding tert-OH is 5. The van der Waals surface area contributed by atoms with Crippen LogP contribution in [-0.4, -0.2) is 98.3 Å². The van der Waals surface area contributed by atoms with E-state index in [1.807, 2.05) is 12.2 Å². The van der Waals surface area contributed by atoms with Crippen molar-refractivity contribution in [2.75, 3.05) is 13.2 Å². The lowest BCUT2D eigenvalue weighted by Gasteiger charge is -2.41. The molecule has 1 fully saturated rings. The summed E-state index contributed by atoms with van der Waals surface area (Å²) in [6.07, 6.45) is 34.7. The summed E-state index contributed by atoms with van der Waals surface area (Å²) in [6.45, 7) is 3.05. The zero-order chi connectivity index (χ0) is 45.0. The van der Waals surface area contributed by atoms with Gasteiger partial charge >= 0.3 is 19.8 Å². The van der Waals surface area contributed by atoms with Crippen LogP contribution < -0.4 is 0 Å². The molecule has 1 aliphatic carbocycles. The molecule has 61 heavy (non-hydrogen) atoms. The molecule has 346 valence electrons. The third-order valence-corrected chi connectivity index (χ3v) is 10.4. The van der Waals surface area contributed by atoms with Gasteiger partial charge in [0.25, 0.3) is 0 Å². The maximum absolute atomic E-state index is 12.8. The van der Waals surface area contributed by atoms with Crippen molar-refractivity contribution < 1.29 is 63.1 Å². The number of allylic oxidation sites excluding steroid dienone is 16. The van der Waals surface area contributed by atoms with Gasteiger partial charge in [0, 0.05) is 12.8 Å². The molecule has 1 saturated carbocycles. The number of hydrogen-bond acceptors (Lipinski definition) is 12. The second-order valence-corrected chi connectivity index (χ2v) is 16.2. The molecule has 8 atom stereocenters. The smallest absolute Gasteiger partial charge is 0.462 e. The van der Waals surface area contributed by atoms with E-state index in [1.165, 1.54) is 19.3 Å². The largest absolute Gasteiger partial charge is 0.472 e. The molecule has 14 heteroatoms. The van der Waals surface area contributed by atoms with Gasteiger partial charge in [-0.25, -0.2) is 4.57 Å². The van der Waals surface area contributed by atoms with E-state index in [0.717, 1.165) is 64.2 Å². The molecule has 0 heterocycles. The molecule has 0 saturated heterocycles. The van der Waals surface area contributed by atoms with Crippen molar-refractivity contribution in [1.29, 1.82) is 0 Å². The van der Waals surface area contributed by atoms with Crippen LogP contribution in [0, 0.1) is 0 Å². The topological polar surface area (TPSA) is 210 Å². The highest BCUT2D eigenvalue weighted by Gasteiger charge is 2.51. The molecule has 0 bridgehead atoms. The predicted octanol–water partition coefficient (Wildman–Crippen LogP) is 8.27. The van der Waals surface area contributed by atoms with Crippen LogP contribution in [0.1, 0.15) is 129 Å². The number of phosphoric ester groups is 1. The Morgan fingerprint density at radius 3 is 1.41 bits per heavy atom. The van der Waals surface area contributed by atoms with Gasteiger partial charge in [-0.05, 0) is 89.9 Å². The molecule has 13 nitrogen and oxygen atoms in total. The Kier molecular flexibility index (Phi) is 33.2. The molecular formula is C47H75O13P. The molecule has 0 amide bonds. The van der Waals surface area contributed by atoms with Crippen LogP contribution in [0.15, 0.2) is 97.2 Å². The molecule has 0 aromatic carbocycles. The quantitative estimate of drug-likeness (QED) is 0.0156. The summed E-state index contributed by atoms with van der Waals surface area (Å²) in [5.41, 5.74) is 0. The molecular weight excluding hydrogens is 803 g/mol. The van der Waals surface area contributed by atoms with Gasteiger partial charge < -0.3 is 39.9 Å². The molecule has 6 unspecified atom stereocenters. The summed E-state index contributed by atoms with van der Waals surface area (Å²) >= 11 is 0. The first-order valence-electron chi connectivity index (χ1n) is 22.0. The standard InChI is InChI=1S/C47H75O13P/c1-3-5-7-9-11-13-15-17-19-20-22-24-26-28-30-32-34-36-41(49)59-39(38-58-61(55,56)60-47-45(53)43(51)42(50)44(52)46(47)54)37-57-40(48)35-33-31-29-27-25-23-21-18-16-14-12-10-8-6-4-2/h5,7,11-14,17-19,21-22,24-25,27-28,30,39,42-47,50-54H,3-4,6,8-10,15-16,20,23,26,29,31-38H2,1-2H3,(H,55,56)/b7-5-,13-11-,14-12-,19-17-,21-18-,24-22-,27-25-,30-28-/t39-,42?,43-,44?,45?,46?,47?/m1/s1. The summed E-state index contributed by atoms with van der Waals surface area (Å²) in [4.78, 5) is 35.6. The van der Waals surface area contributed by atoms with Crippen molar-refractivity contribution in [2.24, 2.45) is 0 Å². The first-order valence-corrected chi connectivity index (χ1v) is 23.5. The number of aliphatic hydroxyl groups is 5. The lowest BCUT2D eigenvalue weighted by molar-refractivity contribution is -0.220. The van der Waals surface area contributed by atoms with Crippen LogP contribution >= 0.6 is 7.82 Å². The van der Waals surface area contributed by atoms with Gasteiger partial charge in [0.2, 0.25) is 0 Å². The number of ether oxygens (including phenoxy) is 2. The Labute approximate surface area is 364 Å². The average Bonchev–Trinajstić information content (AvgIpc) is 3.24. The van der Waals surface area contributed by atoms with Gasteiger partial charge in [-0.1, -0.05) is 124 Å². The SMILES string of the molecule is CC/C=C\C/C=C\C/C=C\C/C=C\C/C=C\CCCC(=O)O[C@H](COC(=O)CCCC/C=C\C/C=C\C/C=C\CCCCC)COP(=O)(O)OC1C(O)C(O)C(O)[C@@H](O)C1O. The highest BCUT2D eigenvalue weighted by molar-refractivity contribution is 7.47. The van der Waals surface area contributed by atoms with Crippen LogP contribution in [0.2, 0.25) is 0 Å². The molecule has 6 N–H and O–H groups in total. The van der Waals surface area contributed by atoms with Crippen LogP contribution in [0.3, 0.4) is 0 Å². The van der Waals surface area contributed by atoms with Crippen molar-refractivity contribution in [3.63, 3.8) is 0 Å². The van der Waals surface area contributed by atoms with Crippen LogP contribution in [0.4, 0.5) is 0 Å². The number of esters is 2. The molecule has 0 aromatic heterocycles. The second kappa shape index (κ2) is 36.3. The van der Waals surface area contributed by atoms with Crippen LogP contribution in [0.25, 0.3) is 0 Å². The highest BCUT2D eigenvalue weighted by atomic mass is 31.2. The van der Waals surface area contributed by atoms with Crippen LogP contribution in [0.5, 0.6) is 0 Å². The number of carbonyl (C=O) groups is 2. The molecule has 1 rings (SSSR count). The normalized spacial score (nSPS) is 23.0. The van der Waals surface area contributed by atoms with E-state index in [-0.39, 0.29) is 12.8 Å². The summed E-state index contributed by atoms with van der Waals surface area (Å²) in [6, 6.07) is 0. The fourth-order valence-corrected chi connectivity index (χ4v) is 6.83. The number of hydrogen-bond donors (Lipinski definition) is 6. The fraction of sp³-hybridized carbons (Fsp3) is 0.617. The summed E-state index contributed by atoms with van der Waals surface area (Å²) in [7, 11) is -5.15. The van der Waals surface area contributed by atoms with Crippen molar-refractivity contribution >= 4 is 19.8 Å². The van der Waals surface area contributed by atoms with Crippen molar-refractivity contribution in [2.45, 2.75) is 172 Å². The van der Waals surface area contributed by atoms with Gasteiger partial charge in [-0.2, -0.15) is 0 Å². The van der Waals surface area contributed by atoms with Crippen molar-refractivity contribution in [3.05, 3.63) is 97.2 Å². The minimum Gasteiger partial charge on any atom is -0.462 e. The van der Waals surface area contributed by atoms with E-state index in [4.69, 9.17) is 18.5 Å². The van der Waals surface area contributed by atoms with E-state index in [1.54, 1.807) is 0 Å². The summed E-state index contributed by atoms with van der Waals surface area (Å²) in [5, 5.41) is 50.1. The van der Waals surface area contributed by atoms with Crippen molar-refractivity contribution in [3.8, 4) is 0 Å². The lowest BCUT2D eigenvalue weighted by atomic mass is 9.85. The van der Waals surface area contributed by atoms with E-state index >= 15 is 0 Å². The van der Waals surface area contributed by atoms with E-state index < -0.39 is 75.7 Å². The van der Waals surface area contributed by atoms with E-state index in [2.05, 4.69) is 98.9 Å². The summed E-state index contributed by atoms with van der Waals surface area (Å²) < 4.78 is 33.4. The molecule has 0 radical (unpaired) electrons. The zero-order valence-corrected chi connectivity index (χ0v) is 37.3. The number of carbonyl (C=O) groups excluding carboxylic acids is 2. The van der Waals surface area contributed by atoms with Crippen LogP contribution in [-0.2, 0) is 32.7 Å². The Bertz CT molecular complexity index is 1430. The summed E-state index contributed by atoms with van der Waals surface area (Å²) in [5.74, 6) is -1.22. The Morgan fingerprint density at radius 1 is 0.525 bits per heavy atom. The van der Waals surface area contributed by atoms with Gasteiger partial charge in [0.15, 0.2) is 6.10 Å². The minimum absolute atomic E-state index is 0.00406. The monoisotopic (exact) mass is 878 g/mol. The highest BCUT2D eigenvalue weighted by Crippen LogP contribution is 2.47. The number of rotatable bonds is 34. The molecule has 0 spiro atoms. The maximum Gasteiger partial charge on any atom is 0.472 e. The Balaban J connectivity index is 2.57. The third-order valence-electron chi connectivity index (χ3n) is 9.41. The predicted molar refractivity (Wildman–Crippen MR) is 239 cm³/mol. The molecule has 0 aliphatic heterocycles. The first kappa shape index (κ1) is 55.8. The number of phosphoric acid groups is 1. The molecule has 0 aromatic rings. The van der Waals surface area contributed by atoms with Crippen molar-refractivity contribution in [1.82, 2.24) is 0 Å². The van der Waals surface area contributed by atoms with Gasteiger partial charge in [0.1, 0.15) is 43.2 Å². The Morgan fingerprint density at radius 2 is 0.934 bits per heavy atom. The third kappa shape index (κ3) is 28.9. The minimum atomic E-state index is -5.15. The van der Waals surface area contributed by atoms with E-state index in [0.29, 0.717) is 19.3 Å². The Hall–Kier alpha value is -3.23. The number of unbranched alkanes of at least 4 members (excludes halogenated alkanes) is 6. The average molecular weight is 879 g/mol.